The summed E-state index contributed by atoms with van der Waals surface area (Å²) >= 11 is 0. The maximum absolute atomic E-state index is 11.8. The summed E-state index contributed by atoms with van der Waals surface area (Å²) in [5.74, 6) is 0.173. The molecule has 6 nitrogen and oxygen atoms in total. The molecule has 0 atom stereocenters. The third-order valence-electron chi connectivity index (χ3n) is 4.09. The molecule has 0 aliphatic rings. The van der Waals surface area contributed by atoms with Gasteiger partial charge < -0.3 is 20.3 Å². The lowest BCUT2D eigenvalue weighted by molar-refractivity contribution is 0.0697. The van der Waals surface area contributed by atoms with Crippen molar-refractivity contribution in [3.63, 3.8) is 0 Å². The largest absolute Gasteiger partial charge is 0.497 e. The number of pyridine rings is 1. The number of carboxylic acid groups (broad SMARTS) is 1. The fourth-order valence-electron chi connectivity index (χ4n) is 2.88. The van der Waals surface area contributed by atoms with Gasteiger partial charge in [-0.15, -0.1) is 0 Å². The predicted octanol–water partition coefficient (Wildman–Crippen LogP) is 3.12. The van der Waals surface area contributed by atoms with Crippen LogP contribution in [0.3, 0.4) is 0 Å². The van der Waals surface area contributed by atoms with Crippen molar-refractivity contribution in [3.8, 4) is 11.5 Å². The molecule has 0 bridgehead atoms. The Morgan fingerprint density at radius 2 is 1.84 bits per heavy atom. The number of hydrogen-bond donors (Lipinski definition) is 2. The molecule has 6 heteroatoms. The topological polar surface area (TPSA) is 94.7 Å². The molecule has 0 amide bonds. The van der Waals surface area contributed by atoms with Crippen molar-refractivity contribution >= 4 is 22.7 Å². The quantitative estimate of drug-likeness (QED) is 0.742. The lowest BCUT2D eigenvalue weighted by atomic mass is 9.95. The van der Waals surface area contributed by atoms with E-state index in [0.29, 0.717) is 28.6 Å². The molecule has 3 rings (SSSR count). The molecule has 25 heavy (non-hydrogen) atoms. The minimum absolute atomic E-state index is 0.0204. The van der Waals surface area contributed by atoms with E-state index in [1.807, 2.05) is 36.4 Å². The van der Waals surface area contributed by atoms with Crippen LogP contribution in [0.25, 0.3) is 10.9 Å². The number of hydrogen-bond acceptors (Lipinski definition) is 5. The first-order valence-corrected chi connectivity index (χ1v) is 7.66. The zero-order chi connectivity index (χ0) is 18.0. The van der Waals surface area contributed by atoms with Crippen molar-refractivity contribution in [1.29, 1.82) is 0 Å². The van der Waals surface area contributed by atoms with Gasteiger partial charge in [0.05, 0.1) is 14.2 Å². The molecule has 1 heterocycles. The van der Waals surface area contributed by atoms with Gasteiger partial charge in [0.25, 0.3) is 0 Å². The molecule has 0 saturated carbocycles. The van der Waals surface area contributed by atoms with Crippen molar-refractivity contribution in [3.05, 3.63) is 59.2 Å². The van der Waals surface area contributed by atoms with Crippen LogP contribution in [0.5, 0.6) is 11.5 Å². The van der Waals surface area contributed by atoms with Gasteiger partial charge in [0.1, 0.15) is 28.4 Å². The molecule has 3 aromatic rings. The van der Waals surface area contributed by atoms with Crippen LogP contribution in [0.1, 0.15) is 21.5 Å². The first-order valence-electron chi connectivity index (χ1n) is 7.66. The van der Waals surface area contributed by atoms with E-state index in [0.717, 1.165) is 11.3 Å². The summed E-state index contributed by atoms with van der Waals surface area (Å²) in [6, 6.07) is 12.9. The Kier molecular flexibility index (Phi) is 4.43. The zero-order valence-corrected chi connectivity index (χ0v) is 13.9. The van der Waals surface area contributed by atoms with Crippen molar-refractivity contribution in [1.82, 2.24) is 4.98 Å². The normalized spacial score (nSPS) is 10.6. The first-order chi connectivity index (χ1) is 12.0. The average molecular weight is 338 g/mol. The number of carbonyl (C=O) groups is 1. The summed E-state index contributed by atoms with van der Waals surface area (Å²) < 4.78 is 10.5. The molecule has 0 spiro atoms. The van der Waals surface area contributed by atoms with Crippen molar-refractivity contribution in [2.45, 2.75) is 6.42 Å². The number of nitrogens with two attached hydrogens (primary N) is 1. The number of para-hydroxylation sites is 1. The van der Waals surface area contributed by atoms with Gasteiger partial charge in [0.2, 0.25) is 0 Å². The second kappa shape index (κ2) is 6.68. The first kappa shape index (κ1) is 16.6. The van der Waals surface area contributed by atoms with Gasteiger partial charge in [0.15, 0.2) is 0 Å². The molecule has 0 unspecified atom stereocenters. The Bertz CT molecular complexity index is 936. The highest BCUT2D eigenvalue weighted by Gasteiger charge is 2.21. The second-order valence-electron chi connectivity index (χ2n) is 5.54. The zero-order valence-electron chi connectivity index (χ0n) is 13.9. The maximum Gasteiger partial charge on any atom is 0.339 e. The van der Waals surface area contributed by atoms with Gasteiger partial charge in [-0.2, -0.15) is 0 Å². The number of carboxylic acids is 1. The van der Waals surface area contributed by atoms with Gasteiger partial charge >= 0.3 is 5.97 Å². The molecular formula is C19H18N2O4. The number of aromatic carboxylic acids is 1. The smallest absolute Gasteiger partial charge is 0.339 e. The van der Waals surface area contributed by atoms with E-state index in [-0.39, 0.29) is 11.4 Å². The molecule has 0 radical (unpaired) electrons. The number of nitrogens with zero attached hydrogens (tertiary/aromatic N) is 1. The van der Waals surface area contributed by atoms with Crippen molar-refractivity contribution in [2.24, 2.45) is 0 Å². The van der Waals surface area contributed by atoms with E-state index in [1.165, 1.54) is 0 Å². The van der Waals surface area contributed by atoms with Gasteiger partial charge in [-0.3, -0.25) is 0 Å². The van der Waals surface area contributed by atoms with Gasteiger partial charge in [-0.05, 0) is 35.7 Å². The van der Waals surface area contributed by atoms with Crippen LogP contribution in [0, 0.1) is 0 Å². The molecule has 0 saturated heterocycles. The molecule has 3 N–H and O–H groups in total. The molecular weight excluding hydrogens is 320 g/mol. The summed E-state index contributed by atoms with van der Waals surface area (Å²) in [6.45, 7) is 0. The highest BCUT2D eigenvalue weighted by molar-refractivity contribution is 6.02. The fraction of sp³-hybridized carbons (Fsp3) is 0.158. The van der Waals surface area contributed by atoms with Crippen LogP contribution < -0.4 is 15.2 Å². The van der Waals surface area contributed by atoms with E-state index in [9.17, 15) is 9.90 Å². The summed E-state index contributed by atoms with van der Waals surface area (Å²) in [5.41, 5.74) is 8.07. The standard InChI is InChI=1S/C19H18N2O4/c1-24-12-8-6-11(7-9-12)10-14-13-4-3-5-15(25-2)17(13)21-18(20)16(14)19(22)23/h3-9H,10H2,1-2H3,(H2,20,21)(H,22,23). The number of aromatic nitrogens is 1. The monoisotopic (exact) mass is 338 g/mol. The fourth-order valence-corrected chi connectivity index (χ4v) is 2.88. The third-order valence-corrected chi connectivity index (χ3v) is 4.09. The number of ether oxygens (including phenoxy) is 2. The van der Waals surface area contributed by atoms with Crippen LogP contribution >= 0.6 is 0 Å². The van der Waals surface area contributed by atoms with Crippen molar-refractivity contribution < 1.29 is 19.4 Å². The highest BCUT2D eigenvalue weighted by Crippen LogP contribution is 2.32. The number of rotatable bonds is 5. The lowest BCUT2D eigenvalue weighted by Gasteiger charge is -2.14. The maximum atomic E-state index is 11.8. The number of methoxy groups -OCH3 is 2. The number of benzene rings is 2. The summed E-state index contributed by atoms with van der Waals surface area (Å²) in [7, 11) is 3.14. The molecule has 128 valence electrons. The molecule has 0 aliphatic heterocycles. The SMILES string of the molecule is COc1ccc(Cc2c(C(=O)O)c(N)nc3c(OC)cccc23)cc1. The van der Waals surface area contributed by atoms with Crippen LogP contribution in [-0.4, -0.2) is 30.3 Å². The Labute approximate surface area is 144 Å². The van der Waals surface area contributed by atoms with Gasteiger partial charge in [-0.1, -0.05) is 24.3 Å². The van der Waals surface area contributed by atoms with Crippen LogP contribution in [0.15, 0.2) is 42.5 Å². The van der Waals surface area contributed by atoms with Gasteiger partial charge in [-0.25, -0.2) is 9.78 Å². The van der Waals surface area contributed by atoms with Crippen LogP contribution in [-0.2, 0) is 6.42 Å². The van der Waals surface area contributed by atoms with E-state index in [1.54, 1.807) is 20.3 Å². The van der Waals surface area contributed by atoms with E-state index >= 15 is 0 Å². The van der Waals surface area contributed by atoms with Gasteiger partial charge in [0, 0.05) is 5.39 Å². The third kappa shape index (κ3) is 3.06. The second-order valence-corrected chi connectivity index (χ2v) is 5.54. The van der Waals surface area contributed by atoms with E-state index < -0.39 is 5.97 Å². The summed E-state index contributed by atoms with van der Waals surface area (Å²) in [4.78, 5) is 16.0. The molecule has 0 aliphatic carbocycles. The Morgan fingerprint density at radius 1 is 1.12 bits per heavy atom. The average Bonchev–Trinajstić information content (AvgIpc) is 2.61. The molecule has 0 fully saturated rings. The minimum atomic E-state index is -1.10. The van der Waals surface area contributed by atoms with E-state index in [4.69, 9.17) is 15.2 Å². The highest BCUT2D eigenvalue weighted by atomic mass is 16.5. The van der Waals surface area contributed by atoms with Crippen LogP contribution in [0.2, 0.25) is 0 Å². The lowest BCUT2D eigenvalue weighted by Crippen LogP contribution is -2.11. The minimum Gasteiger partial charge on any atom is -0.497 e. The van der Waals surface area contributed by atoms with E-state index in [2.05, 4.69) is 4.98 Å². The summed E-state index contributed by atoms with van der Waals surface area (Å²) in [5, 5.41) is 10.3. The number of nitrogen functional groups attached to an aromatic ring is 1. The summed E-state index contributed by atoms with van der Waals surface area (Å²) in [6.07, 6.45) is 0.405. The number of fused-ring (bicyclic) bond motifs is 1. The molecule has 2 aromatic carbocycles. The van der Waals surface area contributed by atoms with Crippen LogP contribution in [0.4, 0.5) is 5.82 Å². The number of anilines is 1. The molecule has 1 aromatic heterocycles. The predicted molar refractivity (Wildman–Crippen MR) is 95.5 cm³/mol. The Balaban J connectivity index is 2.22. The Morgan fingerprint density at radius 3 is 2.44 bits per heavy atom. The Hall–Kier alpha value is -3.28. The van der Waals surface area contributed by atoms with Crippen molar-refractivity contribution in [2.75, 3.05) is 20.0 Å².